The second-order valence-electron chi connectivity index (χ2n) is 3.80. The van der Waals surface area contributed by atoms with Crippen LogP contribution in [0.2, 0.25) is 0 Å². The van der Waals surface area contributed by atoms with E-state index in [2.05, 4.69) is 10.2 Å². The number of nitrogens with zero attached hydrogens (tertiary/aromatic N) is 2. The molecule has 1 aliphatic rings. The minimum absolute atomic E-state index is 0.181. The molecule has 0 saturated heterocycles. The molecule has 0 aliphatic heterocycles. The Kier molecular flexibility index (Phi) is 2.79. The molecule has 0 radical (unpaired) electrons. The van der Waals surface area contributed by atoms with E-state index in [0.717, 1.165) is 25.7 Å². The Morgan fingerprint density at radius 1 is 1.29 bits per heavy atom. The number of rotatable bonds is 2. The maximum Gasteiger partial charge on any atom is 0.241 e. The van der Waals surface area contributed by atoms with Crippen LogP contribution in [0.15, 0.2) is 4.42 Å². The number of hydrogen-bond acceptors (Lipinski definition) is 5. The zero-order valence-corrected chi connectivity index (χ0v) is 8.02. The number of aliphatic hydroxyl groups is 1. The summed E-state index contributed by atoms with van der Waals surface area (Å²) in [5.74, 6) is 1.29. The first-order valence-corrected chi connectivity index (χ1v) is 4.98. The lowest BCUT2D eigenvalue weighted by Crippen LogP contribution is -2.25. The number of aromatic nitrogens is 2. The quantitative estimate of drug-likeness (QED) is 0.723. The summed E-state index contributed by atoms with van der Waals surface area (Å²) in [5.41, 5.74) is 5.80. The minimum atomic E-state index is -0.181. The first-order chi connectivity index (χ1) is 6.79. The van der Waals surface area contributed by atoms with Crippen LogP contribution in [0, 0.1) is 0 Å². The van der Waals surface area contributed by atoms with Crippen LogP contribution < -0.4 is 5.73 Å². The normalized spacial score (nSPS) is 27.9. The van der Waals surface area contributed by atoms with Gasteiger partial charge in [0.15, 0.2) is 0 Å². The molecule has 1 heterocycles. The molecule has 5 nitrogen and oxygen atoms in total. The van der Waals surface area contributed by atoms with Crippen molar-refractivity contribution in [2.75, 3.05) is 0 Å². The van der Waals surface area contributed by atoms with Gasteiger partial charge in [-0.2, -0.15) is 0 Å². The summed E-state index contributed by atoms with van der Waals surface area (Å²) < 4.78 is 5.29. The number of hydrogen-bond donors (Lipinski definition) is 2. The molecule has 1 saturated carbocycles. The molecule has 0 amide bonds. The summed E-state index contributed by atoms with van der Waals surface area (Å²) in [6.07, 6.45) is 4.05. The van der Waals surface area contributed by atoms with Crippen molar-refractivity contribution in [3.63, 3.8) is 0 Å². The molecule has 0 atom stereocenters. The Hall–Kier alpha value is -0.940. The molecule has 5 heteroatoms. The zero-order chi connectivity index (χ0) is 9.97. The Labute approximate surface area is 82.3 Å². The molecular weight excluding hydrogens is 182 g/mol. The summed E-state index contributed by atoms with van der Waals surface area (Å²) in [4.78, 5) is 0. The van der Waals surface area contributed by atoms with Crippen molar-refractivity contribution < 1.29 is 9.52 Å². The predicted molar refractivity (Wildman–Crippen MR) is 49.4 cm³/mol. The molecule has 2 rings (SSSR count). The fourth-order valence-corrected chi connectivity index (χ4v) is 1.86. The molecule has 3 N–H and O–H groups in total. The van der Waals surface area contributed by atoms with E-state index < -0.39 is 0 Å². The van der Waals surface area contributed by atoms with Crippen LogP contribution >= 0.6 is 0 Å². The van der Waals surface area contributed by atoms with Gasteiger partial charge in [0.05, 0.1) is 0 Å². The van der Waals surface area contributed by atoms with E-state index >= 15 is 0 Å². The van der Waals surface area contributed by atoms with Crippen LogP contribution in [0.25, 0.3) is 0 Å². The van der Waals surface area contributed by atoms with Crippen molar-refractivity contribution in [3.05, 3.63) is 11.8 Å². The predicted octanol–water partition coefficient (Wildman–Crippen LogP) is 0.547. The highest BCUT2D eigenvalue weighted by molar-refractivity contribution is 4.94. The van der Waals surface area contributed by atoms with Crippen LogP contribution in [-0.4, -0.2) is 21.3 Å². The second-order valence-corrected chi connectivity index (χ2v) is 3.80. The van der Waals surface area contributed by atoms with E-state index in [0.29, 0.717) is 23.7 Å². The fourth-order valence-electron chi connectivity index (χ4n) is 1.86. The highest BCUT2D eigenvalue weighted by Gasteiger charge is 2.24. The largest absolute Gasteiger partial charge is 0.422 e. The van der Waals surface area contributed by atoms with Gasteiger partial charge in [-0.15, -0.1) is 10.2 Å². The molecule has 1 aliphatic carbocycles. The van der Waals surface area contributed by atoms with Gasteiger partial charge in [-0.1, -0.05) is 0 Å². The van der Waals surface area contributed by atoms with E-state index in [-0.39, 0.29) is 6.61 Å². The van der Waals surface area contributed by atoms with E-state index in [1.165, 1.54) is 0 Å². The molecular formula is C9H15N3O2. The topological polar surface area (TPSA) is 85.2 Å². The lowest BCUT2D eigenvalue weighted by molar-refractivity contribution is 0.230. The molecule has 78 valence electrons. The van der Waals surface area contributed by atoms with Crippen LogP contribution in [0.4, 0.5) is 0 Å². The minimum Gasteiger partial charge on any atom is -0.422 e. The van der Waals surface area contributed by atoms with Gasteiger partial charge in [-0.25, -0.2) is 0 Å². The fraction of sp³-hybridized carbons (Fsp3) is 0.778. The molecule has 14 heavy (non-hydrogen) atoms. The van der Waals surface area contributed by atoms with E-state index in [1.54, 1.807) is 0 Å². The van der Waals surface area contributed by atoms with Gasteiger partial charge in [0.1, 0.15) is 6.61 Å². The molecule has 0 aromatic carbocycles. The van der Waals surface area contributed by atoms with Crippen LogP contribution in [0.5, 0.6) is 0 Å². The molecule has 0 bridgehead atoms. The second kappa shape index (κ2) is 4.06. The van der Waals surface area contributed by atoms with Crippen LogP contribution in [0.1, 0.15) is 43.4 Å². The Morgan fingerprint density at radius 2 is 2.00 bits per heavy atom. The lowest BCUT2D eigenvalue weighted by Gasteiger charge is -2.23. The molecule has 0 spiro atoms. The van der Waals surface area contributed by atoms with E-state index in [1.807, 2.05) is 0 Å². The van der Waals surface area contributed by atoms with Gasteiger partial charge < -0.3 is 15.3 Å². The SMILES string of the molecule is NC1CCC(c2nnc(CO)o2)CC1. The summed E-state index contributed by atoms with van der Waals surface area (Å²) in [5, 5.41) is 16.4. The first kappa shape index (κ1) is 9.61. The number of aliphatic hydroxyl groups excluding tert-OH is 1. The van der Waals surface area contributed by atoms with Gasteiger partial charge in [0.25, 0.3) is 0 Å². The average molecular weight is 197 g/mol. The van der Waals surface area contributed by atoms with E-state index in [9.17, 15) is 0 Å². The van der Waals surface area contributed by atoms with Gasteiger partial charge >= 0.3 is 0 Å². The summed E-state index contributed by atoms with van der Waals surface area (Å²) in [6, 6.07) is 0.325. The van der Waals surface area contributed by atoms with Crippen molar-refractivity contribution in [2.45, 2.75) is 44.2 Å². The highest BCUT2D eigenvalue weighted by atomic mass is 16.4. The van der Waals surface area contributed by atoms with Crippen molar-refractivity contribution in [3.8, 4) is 0 Å². The van der Waals surface area contributed by atoms with Crippen LogP contribution in [-0.2, 0) is 6.61 Å². The summed E-state index contributed by atoms with van der Waals surface area (Å²) in [6.45, 7) is -0.181. The summed E-state index contributed by atoms with van der Waals surface area (Å²) >= 11 is 0. The Balaban J connectivity index is 2.01. The lowest BCUT2D eigenvalue weighted by atomic mass is 9.86. The van der Waals surface area contributed by atoms with Gasteiger partial charge in [-0.05, 0) is 25.7 Å². The van der Waals surface area contributed by atoms with Gasteiger partial charge in [-0.3, -0.25) is 0 Å². The van der Waals surface area contributed by atoms with Gasteiger partial charge in [0, 0.05) is 12.0 Å². The van der Waals surface area contributed by atoms with Crippen LogP contribution in [0.3, 0.4) is 0 Å². The first-order valence-electron chi connectivity index (χ1n) is 4.98. The van der Waals surface area contributed by atoms with Crippen molar-refractivity contribution in [2.24, 2.45) is 5.73 Å². The highest BCUT2D eigenvalue weighted by Crippen LogP contribution is 2.31. The Bertz CT molecular complexity index is 292. The van der Waals surface area contributed by atoms with Crippen molar-refractivity contribution in [1.29, 1.82) is 0 Å². The standard InChI is InChI=1S/C9H15N3O2/c10-7-3-1-6(2-4-7)9-12-11-8(5-13)14-9/h6-7,13H,1-5,10H2. The third kappa shape index (κ3) is 1.93. The zero-order valence-electron chi connectivity index (χ0n) is 8.02. The third-order valence-corrected chi connectivity index (χ3v) is 2.74. The maximum atomic E-state index is 8.78. The monoisotopic (exact) mass is 197 g/mol. The average Bonchev–Trinajstić information content (AvgIpc) is 2.67. The Morgan fingerprint density at radius 3 is 2.57 bits per heavy atom. The van der Waals surface area contributed by atoms with Crippen molar-refractivity contribution in [1.82, 2.24) is 10.2 Å². The maximum absolute atomic E-state index is 8.78. The molecule has 1 fully saturated rings. The molecule has 1 aromatic heterocycles. The van der Waals surface area contributed by atoms with Gasteiger partial charge in [0.2, 0.25) is 11.8 Å². The van der Waals surface area contributed by atoms with E-state index in [4.69, 9.17) is 15.3 Å². The summed E-state index contributed by atoms with van der Waals surface area (Å²) in [7, 11) is 0. The molecule has 0 unspecified atom stereocenters. The molecule has 1 aromatic rings. The van der Waals surface area contributed by atoms with Crippen molar-refractivity contribution >= 4 is 0 Å². The number of nitrogens with two attached hydrogens (primary N) is 1. The smallest absolute Gasteiger partial charge is 0.241 e. The third-order valence-electron chi connectivity index (χ3n) is 2.74.